The predicted molar refractivity (Wildman–Crippen MR) is 160 cm³/mol. The van der Waals surface area contributed by atoms with Crippen molar-refractivity contribution in [1.82, 2.24) is 0 Å². The van der Waals surface area contributed by atoms with E-state index >= 15 is 0 Å². The Morgan fingerprint density at radius 1 is 0.868 bits per heavy atom. The van der Waals surface area contributed by atoms with E-state index in [-0.39, 0.29) is 28.1 Å². The fourth-order valence-corrected chi connectivity index (χ4v) is 10.3. The Bertz CT molecular complexity index is 1420. The normalized spacial score (nSPS) is 42.7. The first kappa shape index (κ1) is 25.7. The van der Waals surface area contributed by atoms with Crippen molar-refractivity contribution in [3.8, 4) is 0 Å². The number of halogens is 1. The molecule has 1 saturated heterocycles. The molecule has 6 aliphatic heterocycles. The molecule has 4 heteroatoms. The minimum atomic E-state index is -0.644. The van der Waals surface area contributed by atoms with E-state index in [1.54, 1.807) is 0 Å². The molecule has 1 fully saturated rings. The molecule has 202 valence electrons. The van der Waals surface area contributed by atoms with Crippen molar-refractivity contribution in [2.24, 2.45) is 10.8 Å². The van der Waals surface area contributed by atoms with Crippen LogP contribution in [0, 0.1) is 10.8 Å². The Hall–Kier alpha value is -1.21. The van der Waals surface area contributed by atoms with E-state index in [4.69, 9.17) is 14.2 Å². The van der Waals surface area contributed by atoms with Gasteiger partial charge in [0, 0.05) is 8.99 Å². The van der Waals surface area contributed by atoms with Gasteiger partial charge in [0.05, 0.1) is 11.2 Å². The summed E-state index contributed by atoms with van der Waals surface area (Å²) in [6.07, 6.45) is 10.1. The SMILES string of the molecule is CC1=CC2(C34OC(C(I)=C3C)c3ccccc34)C=CC1(CC(C)(C)C13CCC(C(C)(C)C)(O1)C(C)=C3C)O2. The second-order valence-corrected chi connectivity index (χ2v) is 15.7. The quantitative estimate of drug-likeness (QED) is 0.248. The summed E-state index contributed by atoms with van der Waals surface area (Å²) < 4.78 is 22.9. The summed E-state index contributed by atoms with van der Waals surface area (Å²) in [5.41, 5.74) is 5.73. The summed E-state index contributed by atoms with van der Waals surface area (Å²) in [4.78, 5) is 0. The summed E-state index contributed by atoms with van der Waals surface area (Å²) in [6, 6.07) is 8.72. The number of ether oxygens (including phenoxy) is 3. The van der Waals surface area contributed by atoms with Gasteiger partial charge in [0.15, 0.2) is 5.60 Å². The highest BCUT2D eigenvalue weighted by molar-refractivity contribution is 14.1. The van der Waals surface area contributed by atoms with Crippen LogP contribution in [0.2, 0.25) is 0 Å². The second-order valence-electron chi connectivity index (χ2n) is 14.5. The molecule has 6 heterocycles. The molecule has 3 nitrogen and oxygen atoms in total. The average molecular weight is 625 g/mol. The van der Waals surface area contributed by atoms with Crippen LogP contribution >= 0.6 is 22.6 Å². The summed E-state index contributed by atoms with van der Waals surface area (Å²) in [5, 5.41) is 0. The lowest BCUT2D eigenvalue weighted by Crippen LogP contribution is -2.51. The maximum Gasteiger partial charge on any atom is 0.153 e. The average Bonchev–Trinajstić information content (AvgIpc) is 3.65. The second kappa shape index (κ2) is 7.16. The van der Waals surface area contributed by atoms with Gasteiger partial charge in [0.1, 0.15) is 17.3 Å². The molecule has 7 rings (SSSR count). The summed E-state index contributed by atoms with van der Waals surface area (Å²) in [5.74, 6) is 0. The molecule has 0 saturated carbocycles. The smallest absolute Gasteiger partial charge is 0.153 e. The van der Waals surface area contributed by atoms with Gasteiger partial charge in [-0.25, -0.2) is 0 Å². The van der Waals surface area contributed by atoms with Crippen molar-refractivity contribution in [1.29, 1.82) is 0 Å². The van der Waals surface area contributed by atoms with Crippen LogP contribution in [0.25, 0.3) is 0 Å². The van der Waals surface area contributed by atoms with Crippen LogP contribution in [0.3, 0.4) is 0 Å². The van der Waals surface area contributed by atoms with Crippen molar-refractivity contribution in [3.05, 3.63) is 79.5 Å². The highest BCUT2D eigenvalue weighted by Crippen LogP contribution is 2.71. The molecule has 1 aromatic rings. The lowest BCUT2D eigenvalue weighted by molar-refractivity contribution is -0.176. The standard InChI is InChI=1S/C34H41IO3/c1-20-18-31(34-23(4)26(35)27(36-34)24-12-10-11-13-25(24)34)15-14-30(20,37-31)19-29(8,9)33-17-16-32(38-33,28(5,6)7)21(2)22(33)3/h10-15,18,27H,16-17,19H2,1-9H3. The van der Waals surface area contributed by atoms with E-state index in [1.165, 1.54) is 37.0 Å². The lowest BCUT2D eigenvalue weighted by Gasteiger charge is -2.48. The molecule has 6 unspecified atom stereocenters. The fraction of sp³-hybridized carbons (Fsp3) is 0.588. The molecule has 0 aromatic heterocycles. The zero-order valence-corrected chi connectivity index (χ0v) is 26.5. The third-order valence-corrected chi connectivity index (χ3v) is 13.0. The number of fused-ring (bicyclic) bond motifs is 10. The highest BCUT2D eigenvalue weighted by Gasteiger charge is 2.72. The molecule has 0 amide bonds. The molecular formula is C34H41IO3. The van der Waals surface area contributed by atoms with Gasteiger partial charge in [-0.2, -0.15) is 0 Å². The first-order chi connectivity index (χ1) is 17.6. The van der Waals surface area contributed by atoms with Gasteiger partial charge < -0.3 is 14.2 Å². The Morgan fingerprint density at radius 3 is 2.18 bits per heavy atom. The van der Waals surface area contributed by atoms with Crippen LogP contribution in [0.15, 0.2) is 68.4 Å². The molecule has 1 aromatic carbocycles. The van der Waals surface area contributed by atoms with Crippen molar-refractivity contribution < 1.29 is 14.2 Å². The van der Waals surface area contributed by atoms with Crippen LogP contribution in [-0.4, -0.2) is 22.4 Å². The topological polar surface area (TPSA) is 27.7 Å². The largest absolute Gasteiger partial charge is 0.359 e. The Labute approximate surface area is 241 Å². The van der Waals surface area contributed by atoms with Crippen LogP contribution in [0.1, 0.15) is 98.8 Å². The minimum absolute atomic E-state index is 0.00414. The molecule has 0 radical (unpaired) electrons. The van der Waals surface area contributed by atoms with Crippen molar-refractivity contribution in [3.63, 3.8) is 0 Å². The molecule has 0 N–H and O–H groups in total. The van der Waals surface area contributed by atoms with E-state index in [9.17, 15) is 0 Å². The number of rotatable bonds is 4. The zero-order chi connectivity index (χ0) is 27.3. The Morgan fingerprint density at radius 2 is 1.53 bits per heavy atom. The third-order valence-electron chi connectivity index (χ3n) is 11.6. The van der Waals surface area contributed by atoms with Gasteiger partial charge in [-0.1, -0.05) is 58.9 Å². The molecule has 6 atom stereocenters. The van der Waals surface area contributed by atoms with Crippen molar-refractivity contribution in [2.45, 2.75) is 116 Å². The minimum Gasteiger partial charge on any atom is -0.359 e. The highest BCUT2D eigenvalue weighted by atomic mass is 127. The maximum atomic E-state index is 7.36. The predicted octanol–water partition coefficient (Wildman–Crippen LogP) is 8.80. The van der Waals surface area contributed by atoms with Crippen LogP contribution in [-0.2, 0) is 19.8 Å². The monoisotopic (exact) mass is 624 g/mol. The summed E-state index contributed by atoms with van der Waals surface area (Å²) in [6.45, 7) is 21.0. The molecular weight excluding hydrogens is 583 g/mol. The van der Waals surface area contributed by atoms with Gasteiger partial charge in [-0.05, 0) is 127 Å². The van der Waals surface area contributed by atoms with Gasteiger partial charge in [-0.3, -0.25) is 0 Å². The van der Waals surface area contributed by atoms with Crippen molar-refractivity contribution >= 4 is 22.6 Å². The van der Waals surface area contributed by atoms with Gasteiger partial charge >= 0.3 is 0 Å². The Balaban J connectivity index is 1.28. The van der Waals surface area contributed by atoms with E-state index in [0.29, 0.717) is 0 Å². The lowest BCUT2D eigenvalue weighted by atomic mass is 9.59. The summed E-state index contributed by atoms with van der Waals surface area (Å²) >= 11 is 2.49. The zero-order valence-electron chi connectivity index (χ0n) is 24.3. The number of hydrogen-bond acceptors (Lipinski definition) is 3. The molecule has 6 bridgehead atoms. The first-order valence-electron chi connectivity index (χ1n) is 14.3. The summed E-state index contributed by atoms with van der Waals surface area (Å²) in [7, 11) is 0. The van der Waals surface area contributed by atoms with E-state index in [0.717, 1.165) is 19.3 Å². The van der Waals surface area contributed by atoms with E-state index < -0.39 is 16.8 Å². The number of benzene rings is 1. The van der Waals surface area contributed by atoms with Crippen LogP contribution in [0.5, 0.6) is 0 Å². The Kier molecular flexibility index (Phi) is 4.85. The molecule has 0 aliphatic carbocycles. The molecule has 38 heavy (non-hydrogen) atoms. The van der Waals surface area contributed by atoms with E-state index in [1.807, 2.05) is 0 Å². The van der Waals surface area contributed by atoms with Gasteiger partial charge in [0.2, 0.25) is 0 Å². The number of hydrogen-bond donors (Lipinski definition) is 0. The van der Waals surface area contributed by atoms with Gasteiger partial charge in [-0.15, -0.1) is 0 Å². The third kappa shape index (κ3) is 2.55. The van der Waals surface area contributed by atoms with Crippen molar-refractivity contribution in [2.75, 3.05) is 0 Å². The molecule has 0 spiro atoms. The fourth-order valence-electron chi connectivity index (χ4n) is 9.43. The molecule has 6 aliphatic rings. The van der Waals surface area contributed by atoms with Gasteiger partial charge in [0.25, 0.3) is 0 Å². The maximum absolute atomic E-state index is 7.36. The first-order valence-corrected chi connectivity index (χ1v) is 15.3. The van der Waals surface area contributed by atoms with Crippen LogP contribution < -0.4 is 0 Å². The van der Waals surface area contributed by atoms with E-state index in [2.05, 4.69) is 127 Å². The van der Waals surface area contributed by atoms with Crippen LogP contribution in [0.4, 0.5) is 0 Å².